The summed E-state index contributed by atoms with van der Waals surface area (Å²) in [5.41, 5.74) is 5.86. The summed E-state index contributed by atoms with van der Waals surface area (Å²) in [7, 11) is 0. The first kappa shape index (κ1) is 30.3. The fourth-order valence-corrected chi connectivity index (χ4v) is 3.06. The second kappa shape index (κ2) is 13.7. The summed E-state index contributed by atoms with van der Waals surface area (Å²) >= 11 is 0. The number of hydrogen-bond donors (Lipinski definition) is 7. The second-order valence-corrected chi connectivity index (χ2v) is 9.20. The van der Waals surface area contributed by atoms with E-state index in [1.165, 1.54) is 0 Å². The van der Waals surface area contributed by atoms with Crippen LogP contribution >= 0.6 is 0 Å². The number of nitrogens with one attached hydrogen (secondary N) is 3. The zero-order chi connectivity index (χ0) is 26.0. The Kier molecular flexibility index (Phi) is 12.6. The molecule has 0 saturated heterocycles. The van der Waals surface area contributed by atoms with E-state index in [9.17, 15) is 29.1 Å². The van der Waals surface area contributed by atoms with Crippen LogP contribution < -0.4 is 21.7 Å². The minimum atomic E-state index is -1.67. The van der Waals surface area contributed by atoms with Crippen LogP contribution in [0.5, 0.6) is 0 Å². The van der Waals surface area contributed by atoms with Gasteiger partial charge in [-0.2, -0.15) is 0 Å². The van der Waals surface area contributed by atoms with Crippen molar-refractivity contribution in [1.29, 1.82) is 0 Å². The zero-order valence-electron chi connectivity index (χ0n) is 20.0. The van der Waals surface area contributed by atoms with Crippen molar-refractivity contribution in [3.05, 3.63) is 0 Å². The van der Waals surface area contributed by atoms with Gasteiger partial charge in [0.1, 0.15) is 24.2 Å². The van der Waals surface area contributed by atoms with Gasteiger partial charge >= 0.3 is 11.9 Å². The number of aliphatic hydroxyl groups excluding tert-OH is 1. The van der Waals surface area contributed by atoms with E-state index >= 15 is 0 Å². The van der Waals surface area contributed by atoms with Crippen LogP contribution in [0.15, 0.2) is 0 Å². The van der Waals surface area contributed by atoms with E-state index in [-0.39, 0.29) is 5.92 Å². The molecule has 0 aromatic heterocycles. The highest BCUT2D eigenvalue weighted by molar-refractivity contribution is 5.94. The number of nitrogens with two attached hydrogens (primary N) is 1. The quantitative estimate of drug-likeness (QED) is 0.165. The van der Waals surface area contributed by atoms with Gasteiger partial charge in [-0.1, -0.05) is 41.5 Å². The van der Waals surface area contributed by atoms with Crippen LogP contribution in [0, 0.1) is 17.8 Å². The third-order valence-electron chi connectivity index (χ3n) is 4.90. The summed E-state index contributed by atoms with van der Waals surface area (Å²) < 4.78 is 0. The lowest BCUT2D eigenvalue weighted by Gasteiger charge is -2.29. The molecule has 0 saturated carbocycles. The first-order valence-corrected chi connectivity index (χ1v) is 10.9. The molecule has 33 heavy (non-hydrogen) atoms. The van der Waals surface area contributed by atoms with Gasteiger partial charge in [0.25, 0.3) is 5.91 Å². The van der Waals surface area contributed by atoms with Gasteiger partial charge < -0.3 is 37.0 Å². The van der Waals surface area contributed by atoms with E-state index in [1.807, 2.05) is 13.8 Å². The molecule has 0 aliphatic rings. The molecule has 0 fully saturated rings. The zero-order valence-corrected chi connectivity index (χ0v) is 20.0. The summed E-state index contributed by atoms with van der Waals surface area (Å²) in [6.07, 6.45) is -1.97. The third kappa shape index (κ3) is 10.6. The van der Waals surface area contributed by atoms with Crippen LogP contribution in [0.25, 0.3) is 0 Å². The van der Waals surface area contributed by atoms with E-state index in [0.717, 1.165) is 0 Å². The van der Waals surface area contributed by atoms with Gasteiger partial charge in [0, 0.05) is 6.04 Å². The second-order valence-electron chi connectivity index (χ2n) is 9.20. The minimum Gasteiger partial charge on any atom is -0.481 e. The van der Waals surface area contributed by atoms with Crippen LogP contribution in [0.1, 0.15) is 54.4 Å². The molecule has 3 amide bonds. The predicted octanol–water partition coefficient (Wildman–Crippen LogP) is -0.954. The molecule has 5 atom stereocenters. The van der Waals surface area contributed by atoms with Crippen molar-refractivity contribution in [1.82, 2.24) is 16.0 Å². The van der Waals surface area contributed by atoms with Crippen LogP contribution in [-0.2, 0) is 24.0 Å². The average molecular weight is 475 g/mol. The Morgan fingerprint density at radius 3 is 1.55 bits per heavy atom. The molecular formula is C21H38N4O8. The van der Waals surface area contributed by atoms with Crippen molar-refractivity contribution >= 4 is 29.7 Å². The maximum Gasteiger partial charge on any atom is 0.326 e. The highest BCUT2D eigenvalue weighted by atomic mass is 16.4. The van der Waals surface area contributed by atoms with E-state index in [2.05, 4.69) is 16.0 Å². The molecule has 12 nitrogen and oxygen atoms in total. The number of carbonyl (C=O) groups excluding carboxylic acids is 3. The number of carboxylic acids is 2. The molecule has 0 aromatic rings. The molecule has 0 rings (SSSR count). The van der Waals surface area contributed by atoms with Crippen LogP contribution in [0.2, 0.25) is 0 Å². The molecule has 0 radical (unpaired) electrons. The number of aliphatic hydroxyl groups is 1. The van der Waals surface area contributed by atoms with Crippen molar-refractivity contribution in [3.63, 3.8) is 0 Å². The smallest absolute Gasteiger partial charge is 0.326 e. The van der Waals surface area contributed by atoms with Crippen molar-refractivity contribution in [2.45, 2.75) is 84.7 Å². The van der Waals surface area contributed by atoms with E-state index < -0.39 is 78.2 Å². The molecule has 12 heteroatoms. The summed E-state index contributed by atoms with van der Waals surface area (Å²) in [6, 6.07) is -4.80. The SMILES string of the molecule is CC(C)C[C@@H](N)[C@@H](O)C(=O)N[C@@H](C(=O)N[C@H](C(=O)N[C@H](CC(=O)O)C(=O)O)C(C)C)C(C)C. The lowest BCUT2D eigenvalue weighted by Crippen LogP contribution is -2.60. The minimum absolute atomic E-state index is 0.146. The van der Waals surface area contributed by atoms with Crippen LogP contribution in [0.3, 0.4) is 0 Å². The highest BCUT2D eigenvalue weighted by Crippen LogP contribution is 2.10. The summed E-state index contributed by atoms with van der Waals surface area (Å²) in [6.45, 7) is 10.3. The number of carboxylic acid groups (broad SMARTS) is 2. The van der Waals surface area contributed by atoms with Crippen molar-refractivity contribution < 1.29 is 39.3 Å². The van der Waals surface area contributed by atoms with E-state index in [1.54, 1.807) is 27.7 Å². The Bertz CT molecular complexity index is 710. The van der Waals surface area contributed by atoms with Gasteiger partial charge in [0.2, 0.25) is 11.8 Å². The van der Waals surface area contributed by atoms with Crippen molar-refractivity contribution in [2.24, 2.45) is 23.5 Å². The molecular weight excluding hydrogens is 436 g/mol. The fraction of sp³-hybridized carbons (Fsp3) is 0.762. The first-order chi connectivity index (χ1) is 15.1. The predicted molar refractivity (Wildman–Crippen MR) is 119 cm³/mol. The molecule has 0 spiro atoms. The van der Waals surface area contributed by atoms with Gasteiger partial charge in [0.15, 0.2) is 0 Å². The summed E-state index contributed by atoms with van der Waals surface area (Å²) in [4.78, 5) is 60.0. The first-order valence-electron chi connectivity index (χ1n) is 10.9. The van der Waals surface area contributed by atoms with Gasteiger partial charge in [-0.25, -0.2) is 4.79 Å². The lowest BCUT2D eigenvalue weighted by molar-refractivity contribution is -0.147. The highest BCUT2D eigenvalue weighted by Gasteiger charge is 2.34. The fourth-order valence-electron chi connectivity index (χ4n) is 3.06. The Morgan fingerprint density at radius 1 is 0.758 bits per heavy atom. The molecule has 0 aliphatic heterocycles. The van der Waals surface area contributed by atoms with E-state index in [0.29, 0.717) is 6.42 Å². The standard InChI is InChI=1S/C21H38N4O8/c1-9(2)7-12(22)17(28)20(31)25-16(11(5)6)19(30)24-15(10(3)4)18(29)23-13(21(32)33)8-14(26)27/h9-13,15-17,28H,7-8,22H2,1-6H3,(H,23,29)(H,24,30)(H,25,31)(H,26,27)(H,32,33)/t12-,13-,15+,16-,17-/m1/s1. The molecule has 8 N–H and O–H groups in total. The average Bonchev–Trinajstić information content (AvgIpc) is 2.66. The number of rotatable bonds is 14. The Morgan fingerprint density at radius 2 is 1.18 bits per heavy atom. The van der Waals surface area contributed by atoms with Gasteiger partial charge in [-0.15, -0.1) is 0 Å². The van der Waals surface area contributed by atoms with Crippen molar-refractivity contribution in [2.75, 3.05) is 0 Å². The van der Waals surface area contributed by atoms with E-state index in [4.69, 9.17) is 15.9 Å². The maximum atomic E-state index is 12.9. The number of amides is 3. The lowest BCUT2D eigenvalue weighted by atomic mass is 9.97. The molecule has 0 aromatic carbocycles. The Labute approximate surface area is 193 Å². The van der Waals surface area contributed by atoms with Crippen LogP contribution in [-0.4, -0.2) is 75.3 Å². The molecule has 0 heterocycles. The van der Waals surface area contributed by atoms with Crippen molar-refractivity contribution in [3.8, 4) is 0 Å². The Hall–Kier alpha value is -2.73. The van der Waals surface area contributed by atoms with Gasteiger partial charge in [0.05, 0.1) is 6.42 Å². The molecule has 0 aliphatic carbocycles. The molecule has 0 unspecified atom stereocenters. The number of aliphatic carboxylic acids is 2. The normalized spacial score (nSPS) is 16.0. The third-order valence-corrected chi connectivity index (χ3v) is 4.90. The molecule has 190 valence electrons. The largest absolute Gasteiger partial charge is 0.481 e. The van der Waals surface area contributed by atoms with Gasteiger partial charge in [-0.3, -0.25) is 19.2 Å². The topological polar surface area (TPSA) is 208 Å². The number of hydrogen-bond acceptors (Lipinski definition) is 7. The van der Waals surface area contributed by atoms with Gasteiger partial charge in [-0.05, 0) is 24.2 Å². The summed E-state index contributed by atoms with van der Waals surface area (Å²) in [5.74, 6) is -6.12. The monoisotopic (exact) mass is 474 g/mol. The Balaban J connectivity index is 5.41. The summed E-state index contributed by atoms with van der Waals surface area (Å²) in [5, 5.41) is 35.2. The molecule has 0 bridgehead atoms. The van der Waals surface area contributed by atoms with Crippen LogP contribution in [0.4, 0.5) is 0 Å². The maximum absolute atomic E-state index is 12.9. The number of carbonyl (C=O) groups is 5.